The van der Waals surface area contributed by atoms with Crippen LogP contribution in [0, 0.1) is 0 Å². The molecule has 0 radical (unpaired) electrons. The number of carbonyl (C=O) groups excluding carboxylic acids is 1. The zero-order chi connectivity index (χ0) is 19.4. The van der Waals surface area contributed by atoms with E-state index in [0.717, 1.165) is 42.7 Å². The maximum Gasteiger partial charge on any atom is 0.274 e. The van der Waals surface area contributed by atoms with Crippen LogP contribution < -0.4 is 10.2 Å². The summed E-state index contributed by atoms with van der Waals surface area (Å²) < 4.78 is 0. The van der Waals surface area contributed by atoms with Gasteiger partial charge in [-0.2, -0.15) is 0 Å². The highest BCUT2D eigenvalue weighted by Gasteiger charge is 2.19. The number of nitrogens with zero attached hydrogens (tertiary/aromatic N) is 3. The summed E-state index contributed by atoms with van der Waals surface area (Å²) in [6, 6.07) is 7.94. The molecule has 0 spiro atoms. The topological polar surface area (TPSA) is 58.1 Å². The van der Waals surface area contributed by atoms with Crippen LogP contribution in [0.5, 0.6) is 0 Å². The minimum atomic E-state index is -0.175. The van der Waals surface area contributed by atoms with Gasteiger partial charge in [-0.3, -0.25) is 4.79 Å². The molecule has 2 heterocycles. The molecule has 27 heavy (non-hydrogen) atoms. The fourth-order valence-electron chi connectivity index (χ4n) is 3.59. The molecular weight excluding hydrogens is 336 g/mol. The third-order valence-corrected chi connectivity index (χ3v) is 5.13. The van der Waals surface area contributed by atoms with Gasteiger partial charge < -0.3 is 10.2 Å². The predicted molar refractivity (Wildman–Crippen MR) is 111 cm³/mol. The van der Waals surface area contributed by atoms with Gasteiger partial charge in [0, 0.05) is 25.0 Å². The highest BCUT2D eigenvalue weighted by Crippen LogP contribution is 2.32. The summed E-state index contributed by atoms with van der Waals surface area (Å²) in [5.74, 6) is 1.14. The van der Waals surface area contributed by atoms with E-state index in [-0.39, 0.29) is 5.91 Å². The predicted octanol–water partition coefficient (Wildman–Crippen LogP) is 4.97. The van der Waals surface area contributed by atoms with Crippen LogP contribution in [0.25, 0.3) is 0 Å². The number of hydrogen-bond acceptors (Lipinski definition) is 4. The van der Waals surface area contributed by atoms with Crippen LogP contribution in [0.4, 0.5) is 11.6 Å². The number of anilines is 2. The number of carbonyl (C=O) groups is 1. The number of aromatic nitrogens is 2. The standard InChI is InChI=1S/C22H30N4O/c1-15(2)17-9-8-10-18(16(3)4)20(17)25-21(27)19-11-12-23-22(24-19)26-13-6-5-7-14-26/h8-12,15-16H,5-7,13-14H2,1-4H3,(H,25,27). The van der Waals surface area contributed by atoms with Gasteiger partial charge in [0.25, 0.3) is 5.91 Å². The molecule has 1 aliphatic rings. The number of rotatable bonds is 5. The second-order valence-corrected chi connectivity index (χ2v) is 7.86. The van der Waals surface area contributed by atoms with Crippen LogP contribution in [0.2, 0.25) is 0 Å². The van der Waals surface area contributed by atoms with Gasteiger partial charge in [-0.1, -0.05) is 45.9 Å². The Morgan fingerprint density at radius 2 is 1.63 bits per heavy atom. The van der Waals surface area contributed by atoms with Gasteiger partial charge in [0.1, 0.15) is 5.69 Å². The summed E-state index contributed by atoms with van der Waals surface area (Å²) in [7, 11) is 0. The quantitative estimate of drug-likeness (QED) is 0.812. The number of para-hydroxylation sites is 1. The Hall–Kier alpha value is -2.43. The first kappa shape index (κ1) is 19.3. The average molecular weight is 367 g/mol. The normalized spacial score (nSPS) is 14.7. The van der Waals surface area contributed by atoms with Gasteiger partial charge in [0.15, 0.2) is 0 Å². The van der Waals surface area contributed by atoms with Crippen molar-refractivity contribution in [1.29, 1.82) is 0 Å². The van der Waals surface area contributed by atoms with Gasteiger partial charge in [0.2, 0.25) is 5.95 Å². The van der Waals surface area contributed by atoms with Gasteiger partial charge in [-0.15, -0.1) is 0 Å². The molecule has 0 bridgehead atoms. The Morgan fingerprint density at radius 1 is 1.00 bits per heavy atom. The van der Waals surface area contributed by atoms with Crippen LogP contribution in [-0.2, 0) is 0 Å². The molecule has 1 amide bonds. The van der Waals surface area contributed by atoms with Crippen LogP contribution in [0.15, 0.2) is 30.5 Å². The van der Waals surface area contributed by atoms with E-state index in [2.05, 4.69) is 66.1 Å². The first-order valence-corrected chi connectivity index (χ1v) is 9.99. The largest absolute Gasteiger partial charge is 0.341 e. The van der Waals surface area contributed by atoms with E-state index in [0.29, 0.717) is 23.5 Å². The van der Waals surface area contributed by atoms with Crippen molar-refractivity contribution in [2.24, 2.45) is 0 Å². The molecule has 1 aliphatic heterocycles. The van der Waals surface area contributed by atoms with Crippen LogP contribution in [-0.4, -0.2) is 29.0 Å². The molecule has 2 aromatic rings. The van der Waals surface area contributed by atoms with E-state index in [9.17, 15) is 4.79 Å². The van der Waals surface area contributed by atoms with Crippen molar-refractivity contribution >= 4 is 17.5 Å². The van der Waals surface area contributed by atoms with E-state index in [1.807, 2.05) is 0 Å². The molecule has 1 aromatic carbocycles. The lowest BCUT2D eigenvalue weighted by atomic mass is 9.92. The maximum atomic E-state index is 13.0. The SMILES string of the molecule is CC(C)c1cccc(C(C)C)c1NC(=O)c1ccnc(N2CCCCC2)n1. The lowest BCUT2D eigenvalue weighted by Gasteiger charge is -2.26. The zero-order valence-corrected chi connectivity index (χ0v) is 16.8. The third kappa shape index (κ3) is 4.46. The van der Waals surface area contributed by atoms with Crippen LogP contribution in [0.1, 0.15) is 80.4 Å². The Kier molecular flexibility index (Phi) is 6.09. The first-order valence-electron chi connectivity index (χ1n) is 9.99. The highest BCUT2D eigenvalue weighted by atomic mass is 16.1. The van der Waals surface area contributed by atoms with Crippen LogP contribution >= 0.6 is 0 Å². The molecule has 0 aliphatic carbocycles. The van der Waals surface area contributed by atoms with E-state index in [4.69, 9.17) is 0 Å². The van der Waals surface area contributed by atoms with Gasteiger partial charge in [-0.05, 0) is 48.3 Å². The summed E-state index contributed by atoms with van der Waals surface area (Å²) in [5.41, 5.74) is 3.64. The monoisotopic (exact) mass is 366 g/mol. The number of benzene rings is 1. The highest BCUT2D eigenvalue weighted by molar-refractivity contribution is 6.04. The molecule has 1 aromatic heterocycles. The zero-order valence-electron chi connectivity index (χ0n) is 16.8. The van der Waals surface area contributed by atoms with Crippen molar-refractivity contribution in [1.82, 2.24) is 9.97 Å². The molecular formula is C22H30N4O. The lowest BCUT2D eigenvalue weighted by molar-refractivity contribution is 0.102. The van der Waals surface area contributed by atoms with Crippen molar-refractivity contribution in [3.8, 4) is 0 Å². The second-order valence-electron chi connectivity index (χ2n) is 7.86. The smallest absolute Gasteiger partial charge is 0.274 e. The van der Waals surface area contributed by atoms with Gasteiger partial charge >= 0.3 is 0 Å². The minimum Gasteiger partial charge on any atom is -0.341 e. The van der Waals surface area contributed by atoms with Crippen molar-refractivity contribution in [2.75, 3.05) is 23.3 Å². The Balaban J connectivity index is 1.88. The molecule has 144 valence electrons. The molecule has 0 atom stereocenters. The fraction of sp³-hybridized carbons (Fsp3) is 0.500. The summed E-state index contributed by atoms with van der Waals surface area (Å²) in [5, 5.41) is 3.14. The van der Waals surface area contributed by atoms with E-state index in [1.54, 1.807) is 12.3 Å². The first-order chi connectivity index (χ1) is 13.0. The maximum absolute atomic E-state index is 13.0. The molecule has 5 nitrogen and oxygen atoms in total. The van der Waals surface area contributed by atoms with Gasteiger partial charge in [0.05, 0.1) is 0 Å². The Morgan fingerprint density at radius 3 is 2.22 bits per heavy atom. The Labute approximate surface area is 162 Å². The number of hydrogen-bond donors (Lipinski definition) is 1. The Bertz CT molecular complexity index is 768. The van der Waals surface area contributed by atoms with Crippen LogP contribution in [0.3, 0.4) is 0 Å². The van der Waals surface area contributed by atoms with E-state index in [1.165, 1.54) is 6.42 Å². The van der Waals surface area contributed by atoms with E-state index < -0.39 is 0 Å². The molecule has 0 saturated carbocycles. The fourth-order valence-corrected chi connectivity index (χ4v) is 3.59. The van der Waals surface area contributed by atoms with Crippen molar-refractivity contribution < 1.29 is 4.79 Å². The summed E-state index contributed by atoms with van der Waals surface area (Å²) >= 11 is 0. The number of amides is 1. The van der Waals surface area contributed by atoms with Crippen molar-refractivity contribution in [3.05, 3.63) is 47.3 Å². The third-order valence-electron chi connectivity index (χ3n) is 5.13. The number of nitrogens with one attached hydrogen (secondary N) is 1. The lowest BCUT2D eigenvalue weighted by Crippen LogP contribution is -2.31. The molecule has 1 fully saturated rings. The molecule has 5 heteroatoms. The van der Waals surface area contributed by atoms with Gasteiger partial charge in [-0.25, -0.2) is 9.97 Å². The number of piperidine rings is 1. The van der Waals surface area contributed by atoms with E-state index >= 15 is 0 Å². The molecule has 3 rings (SSSR count). The molecule has 1 N–H and O–H groups in total. The molecule has 0 unspecified atom stereocenters. The molecule has 1 saturated heterocycles. The second kappa shape index (κ2) is 8.51. The minimum absolute atomic E-state index is 0.175. The average Bonchev–Trinajstić information content (AvgIpc) is 2.68. The van der Waals surface area contributed by atoms with Crippen molar-refractivity contribution in [3.63, 3.8) is 0 Å². The summed E-state index contributed by atoms with van der Waals surface area (Å²) in [4.78, 5) is 24.1. The summed E-state index contributed by atoms with van der Waals surface area (Å²) in [6.45, 7) is 10.5. The summed E-state index contributed by atoms with van der Waals surface area (Å²) in [6.07, 6.45) is 5.24. The van der Waals surface area contributed by atoms with Crippen molar-refractivity contribution in [2.45, 2.75) is 58.8 Å².